The molecule has 0 aliphatic heterocycles. The number of carbonyl (C=O) groups excluding carboxylic acids is 2. The van der Waals surface area contributed by atoms with Crippen LogP contribution in [0.4, 0.5) is 24.5 Å². The Labute approximate surface area is 154 Å². The van der Waals surface area contributed by atoms with Gasteiger partial charge < -0.3 is 10.6 Å². The minimum atomic E-state index is -4.56. The fraction of sp³-hybridized carbons (Fsp3) is 0.300. The zero-order chi connectivity index (χ0) is 19.6. The second-order valence-electron chi connectivity index (χ2n) is 6.58. The summed E-state index contributed by atoms with van der Waals surface area (Å²) in [4.78, 5) is 23.9. The van der Waals surface area contributed by atoms with E-state index >= 15 is 0 Å². The number of benzene rings is 2. The summed E-state index contributed by atoms with van der Waals surface area (Å²) in [5, 5.41) is 4.94. The smallest absolute Gasteiger partial charge is 0.325 e. The number of amides is 2. The monoisotopic (exact) mass is 376 g/mol. The van der Waals surface area contributed by atoms with Crippen molar-refractivity contribution < 1.29 is 22.8 Å². The van der Waals surface area contributed by atoms with E-state index in [0.29, 0.717) is 5.56 Å². The van der Waals surface area contributed by atoms with Gasteiger partial charge in [0.1, 0.15) is 0 Å². The highest BCUT2D eigenvalue weighted by molar-refractivity contribution is 6.07. The Morgan fingerprint density at radius 1 is 0.889 bits per heavy atom. The van der Waals surface area contributed by atoms with E-state index in [1.54, 1.807) is 12.1 Å². The van der Waals surface area contributed by atoms with Gasteiger partial charge in [-0.05, 0) is 67.1 Å². The summed E-state index contributed by atoms with van der Waals surface area (Å²) >= 11 is 0. The maximum Gasteiger partial charge on any atom is 0.416 e. The lowest BCUT2D eigenvalue weighted by atomic mass is 9.90. The van der Waals surface area contributed by atoms with E-state index < -0.39 is 23.6 Å². The van der Waals surface area contributed by atoms with Gasteiger partial charge in [-0.15, -0.1) is 0 Å². The largest absolute Gasteiger partial charge is 0.416 e. The Hall–Kier alpha value is -2.83. The second-order valence-corrected chi connectivity index (χ2v) is 6.58. The summed E-state index contributed by atoms with van der Waals surface area (Å²) in [7, 11) is 0. The van der Waals surface area contributed by atoms with Crippen LogP contribution in [0.15, 0.2) is 36.4 Å². The van der Waals surface area contributed by atoms with Crippen molar-refractivity contribution in [1.82, 2.24) is 0 Å². The Morgan fingerprint density at radius 2 is 1.59 bits per heavy atom. The number of aryl methyl sites for hydroxylation is 2. The molecule has 7 heteroatoms. The molecule has 0 radical (unpaired) electrons. The Bertz CT molecular complexity index is 891. The highest BCUT2D eigenvalue weighted by atomic mass is 19.4. The number of hydrogen-bond donors (Lipinski definition) is 2. The van der Waals surface area contributed by atoms with Crippen LogP contribution in [0.5, 0.6) is 0 Å². The first-order valence-electron chi connectivity index (χ1n) is 8.66. The van der Waals surface area contributed by atoms with Crippen LogP contribution in [-0.4, -0.2) is 11.8 Å². The van der Waals surface area contributed by atoms with Crippen LogP contribution in [0.3, 0.4) is 0 Å². The lowest BCUT2D eigenvalue weighted by Crippen LogP contribution is -2.17. The number of hydrogen-bond acceptors (Lipinski definition) is 2. The molecule has 2 N–H and O–H groups in total. The van der Waals surface area contributed by atoms with E-state index in [9.17, 15) is 22.8 Å². The topological polar surface area (TPSA) is 58.2 Å². The molecule has 3 rings (SSSR count). The van der Waals surface area contributed by atoms with E-state index in [4.69, 9.17) is 0 Å². The molecular weight excluding hydrogens is 357 g/mol. The first kappa shape index (κ1) is 18.9. The van der Waals surface area contributed by atoms with Crippen molar-refractivity contribution in [2.75, 3.05) is 10.6 Å². The fourth-order valence-corrected chi connectivity index (χ4v) is 3.19. The first-order valence-corrected chi connectivity index (χ1v) is 8.66. The van der Waals surface area contributed by atoms with Crippen molar-refractivity contribution in [2.24, 2.45) is 0 Å². The zero-order valence-corrected chi connectivity index (χ0v) is 14.7. The second kappa shape index (κ2) is 7.42. The van der Waals surface area contributed by atoms with Crippen LogP contribution >= 0.6 is 0 Å². The Balaban J connectivity index is 1.90. The van der Waals surface area contributed by atoms with Crippen molar-refractivity contribution in [3.05, 3.63) is 58.7 Å². The van der Waals surface area contributed by atoms with Gasteiger partial charge in [-0.1, -0.05) is 6.07 Å². The quantitative estimate of drug-likeness (QED) is 0.809. The molecule has 4 nitrogen and oxygen atoms in total. The normalized spacial score (nSPS) is 13.6. The number of fused-ring (bicyclic) bond motifs is 1. The van der Waals surface area contributed by atoms with Crippen molar-refractivity contribution in [3.63, 3.8) is 0 Å². The van der Waals surface area contributed by atoms with E-state index in [0.717, 1.165) is 49.4 Å². The standard InChI is InChI=1S/C20H19F3N2O2/c1-12(26)24-17-9-8-16(20(21,22)23)11-18(17)25-19(27)15-7-6-13-4-2-3-5-14(13)10-15/h6-11H,2-5H2,1H3,(H,24,26)(H,25,27). The van der Waals surface area contributed by atoms with Gasteiger partial charge in [0.25, 0.3) is 5.91 Å². The molecule has 27 heavy (non-hydrogen) atoms. The molecule has 142 valence electrons. The molecule has 0 saturated carbocycles. The van der Waals surface area contributed by atoms with Crippen molar-refractivity contribution in [3.8, 4) is 0 Å². The molecule has 0 saturated heterocycles. The van der Waals surface area contributed by atoms with E-state index in [-0.39, 0.29) is 11.4 Å². The van der Waals surface area contributed by atoms with Gasteiger partial charge in [-0.3, -0.25) is 9.59 Å². The Morgan fingerprint density at radius 3 is 2.26 bits per heavy atom. The SMILES string of the molecule is CC(=O)Nc1ccc(C(F)(F)F)cc1NC(=O)c1ccc2c(c1)CCCC2. The molecule has 0 unspecified atom stereocenters. The Kier molecular flexibility index (Phi) is 5.21. The molecule has 1 aliphatic carbocycles. The van der Waals surface area contributed by atoms with E-state index in [1.807, 2.05) is 6.07 Å². The summed E-state index contributed by atoms with van der Waals surface area (Å²) in [6, 6.07) is 8.17. The molecule has 0 spiro atoms. The van der Waals surface area contributed by atoms with Crippen molar-refractivity contribution in [2.45, 2.75) is 38.8 Å². The number of nitrogens with one attached hydrogen (secondary N) is 2. The number of rotatable bonds is 3. The molecule has 0 bridgehead atoms. The highest BCUT2D eigenvalue weighted by Gasteiger charge is 2.31. The number of anilines is 2. The van der Waals surface area contributed by atoms with Crippen LogP contribution in [0, 0.1) is 0 Å². The minimum absolute atomic E-state index is 0.0947. The van der Waals surface area contributed by atoms with Gasteiger partial charge >= 0.3 is 6.18 Å². The third kappa shape index (κ3) is 4.48. The maximum atomic E-state index is 13.0. The lowest BCUT2D eigenvalue weighted by Gasteiger charge is -2.17. The number of carbonyl (C=O) groups is 2. The molecular formula is C20H19F3N2O2. The fourth-order valence-electron chi connectivity index (χ4n) is 3.19. The molecule has 0 aromatic heterocycles. The average Bonchev–Trinajstić information content (AvgIpc) is 2.61. The predicted molar refractivity (Wildman–Crippen MR) is 96.8 cm³/mol. The van der Waals surface area contributed by atoms with Crippen molar-refractivity contribution >= 4 is 23.2 Å². The molecule has 0 fully saturated rings. The van der Waals surface area contributed by atoms with Gasteiger partial charge in [-0.2, -0.15) is 13.2 Å². The minimum Gasteiger partial charge on any atom is -0.325 e. The summed E-state index contributed by atoms with van der Waals surface area (Å²) < 4.78 is 39.0. The summed E-state index contributed by atoms with van der Waals surface area (Å²) in [5.41, 5.74) is 1.79. The summed E-state index contributed by atoms with van der Waals surface area (Å²) in [5.74, 6) is -0.965. The average molecular weight is 376 g/mol. The lowest BCUT2D eigenvalue weighted by molar-refractivity contribution is -0.137. The van der Waals surface area contributed by atoms with Crippen LogP contribution in [0.2, 0.25) is 0 Å². The van der Waals surface area contributed by atoms with Crippen molar-refractivity contribution in [1.29, 1.82) is 0 Å². The van der Waals surface area contributed by atoms with Gasteiger partial charge in [-0.25, -0.2) is 0 Å². The van der Waals surface area contributed by atoms with Crippen LogP contribution in [-0.2, 0) is 23.8 Å². The maximum absolute atomic E-state index is 13.0. The van der Waals surface area contributed by atoms with Gasteiger partial charge in [0.05, 0.1) is 16.9 Å². The number of alkyl halides is 3. The zero-order valence-electron chi connectivity index (χ0n) is 14.7. The van der Waals surface area contributed by atoms with Gasteiger partial charge in [0, 0.05) is 12.5 Å². The predicted octanol–water partition coefficient (Wildman–Crippen LogP) is 4.79. The molecule has 0 heterocycles. The number of halogens is 3. The first-order chi connectivity index (χ1) is 12.7. The third-order valence-electron chi connectivity index (χ3n) is 4.52. The molecule has 2 aromatic rings. The highest BCUT2D eigenvalue weighted by Crippen LogP contribution is 2.34. The molecule has 2 aromatic carbocycles. The van der Waals surface area contributed by atoms with Gasteiger partial charge in [0.2, 0.25) is 5.91 Å². The van der Waals surface area contributed by atoms with E-state index in [2.05, 4.69) is 10.6 Å². The van der Waals surface area contributed by atoms with Crippen LogP contribution in [0.1, 0.15) is 46.8 Å². The summed E-state index contributed by atoms with van der Waals surface area (Å²) in [6.07, 6.45) is -0.532. The van der Waals surface area contributed by atoms with E-state index in [1.165, 1.54) is 12.5 Å². The summed E-state index contributed by atoms with van der Waals surface area (Å²) in [6.45, 7) is 1.24. The third-order valence-corrected chi connectivity index (χ3v) is 4.52. The molecule has 2 amide bonds. The molecule has 1 aliphatic rings. The van der Waals surface area contributed by atoms with Gasteiger partial charge in [0.15, 0.2) is 0 Å². The van der Waals surface area contributed by atoms with Crippen LogP contribution in [0.25, 0.3) is 0 Å². The van der Waals surface area contributed by atoms with Crippen LogP contribution < -0.4 is 10.6 Å². The molecule has 0 atom stereocenters.